The van der Waals surface area contributed by atoms with Gasteiger partial charge in [0.15, 0.2) is 0 Å². The molecule has 0 aliphatic heterocycles. The van der Waals surface area contributed by atoms with E-state index in [9.17, 15) is 0 Å². The summed E-state index contributed by atoms with van der Waals surface area (Å²) in [5.41, 5.74) is 17.7. The van der Waals surface area contributed by atoms with Gasteiger partial charge in [-0.2, -0.15) is 0 Å². The summed E-state index contributed by atoms with van der Waals surface area (Å²) in [6, 6.07) is 94.6. The fourth-order valence-electron chi connectivity index (χ4n) is 9.28. The summed E-state index contributed by atoms with van der Waals surface area (Å²) in [6.07, 6.45) is 0. The van der Waals surface area contributed by atoms with Crippen LogP contribution in [0.2, 0.25) is 0 Å². The summed E-state index contributed by atoms with van der Waals surface area (Å²) in [4.78, 5) is 2.39. The Morgan fingerprint density at radius 1 is 0.190 bits per heavy atom. The molecule has 0 aliphatic rings. The molecular formula is C62H43N. The van der Waals surface area contributed by atoms with Gasteiger partial charge in [-0.3, -0.25) is 0 Å². The molecule has 11 rings (SSSR count). The van der Waals surface area contributed by atoms with Crippen LogP contribution in [0.3, 0.4) is 0 Å². The first kappa shape index (κ1) is 37.7. The standard InChI is InChI=1S/C62H43N/c1-6-19-44(20-7-1)50-29-18-30-53(41-50)63(54-38-40-55(46-21-8-2-9-22-46)59(43-54)47-23-10-3-11-24-47)52-36-33-45(34-37-52)51-35-39-57-56-31-16-17-32-58(56)61(48-25-12-4-13-26-48)62(60(57)42-51)49-27-14-5-15-28-49/h1-43H. The number of hydrogen-bond donors (Lipinski definition) is 0. The minimum absolute atomic E-state index is 1.08. The molecule has 0 bridgehead atoms. The first-order chi connectivity index (χ1) is 31.3. The average Bonchev–Trinajstić information content (AvgIpc) is 3.37. The highest BCUT2D eigenvalue weighted by molar-refractivity contribution is 6.22. The van der Waals surface area contributed by atoms with Crippen molar-refractivity contribution in [2.24, 2.45) is 0 Å². The number of benzene rings is 11. The Kier molecular flexibility index (Phi) is 9.97. The second kappa shape index (κ2) is 16.7. The van der Waals surface area contributed by atoms with Crippen molar-refractivity contribution in [1.82, 2.24) is 0 Å². The molecule has 0 saturated carbocycles. The first-order valence-electron chi connectivity index (χ1n) is 21.7. The zero-order chi connectivity index (χ0) is 42.0. The minimum atomic E-state index is 1.08. The molecule has 63 heavy (non-hydrogen) atoms. The Labute approximate surface area is 369 Å². The van der Waals surface area contributed by atoms with Crippen molar-refractivity contribution in [1.29, 1.82) is 0 Å². The van der Waals surface area contributed by atoms with Crippen molar-refractivity contribution < 1.29 is 0 Å². The number of rotatable bonds is 9. The molecule has 0 aromatic heterocycles. The Hall–Kier alpha value is -8.26. The molecule has 1 nitrogen and oxygen atoms in total. The van der Waals surface area contributed by atoms with E-state index < -0.39 is 0 Å². The van der Waals surface area contributed by atoms with Crippen molar-refractivity contribution in [2.75, 3.05) is 4.90 Å². The molecule has 0 fully saturated rings. The predicted molar refractivity (Wildman–Crippen MR) is 269 cm³/mol. The van der Waals surface area contributed by atoms with Crippen LogP contribution in [0.1, 0.15) is 0 Å². The highest BCUT2D eigenvalue weighted by atomic mass is 15.1. The van der Waals surface area contributed by atoms with Crippen LogP contribution in [0.15, 0.2) is 261 Å². The van der Waals surface area contributed by atoms with Gasteiger partial charge >= 0.3 is 0 Å². The minimum Gasteiger partial charge on any atom is -0.310 e. The van der Waals surface area contributed by atoms with Gasteiger partial charge in [-0.25, -0.2) is 0 Å². The fourth-order valence-corrected chi connectivity index (χ4v) is 9.28. The maximum atomic E-state index is 2.40. The molecule has 0 aliphatic carbocycles. The molecule has 0 amide bonds. The third-order valence-electron chi connectivity index (χ3n) is 12.3. The van der Waals surface area contributed by atoms with E-state index in [1.54, 1.807) is 0 Å². The van der Waals surface area contributed by atoms with Crippen molar-refractivity contribution in [3.8, 4) is 66.8 Å². The van der Waals surface area contributed by atoms with Gasteiger partial charge < -0.3 is 4.90 Å². The van der Waals surface area contributed by atoms with Gasteiger partial charge in [0, 0.05) is 17.1 Å². The Morgan fingerprint density at radius 2 is 0.603 bits per heavy atom. The van der Waals surface area contributed by atoms with E-state index in [-0.39, 0.29) is 0 Å². The Bertz CT molecular complexity index is 3340. The van der Waals surface area contributed by atoms with Crippen LogP contribution in [-0.2, 0) is 0 Å². The third-order valence-corrected chi connectivity index (χ3v) is 12.3. The van der Waals surface area contributed by atoms with E-state index in [4.69, 9.17) is 0 Å². The number of anilines is 3. The SMILES string of the molecule is c1ccc(-c2cccc(N(c3ccc(-c4ccc5c(c4)c(-c4ccccc4)c(-c4ccccc4)c4ccccc45)cc3)c3ccc(-c4ccccc4)c(-c4ccccc4)c3)c2)cc1. The highest BCUT2D eigenvalue weighted by Gasteiger charge is 2.20. The lowest BCUT2D eigenvalue weighted by Gasteiger charge is -2.27. The van der Waals surface area contributed by atoms with Crippen molar-refractivity contribution in [3.05, 3.63) is 261 Å². The largest absolute Gasteiger partial charge is 0.310 e. The average molecular weight is 802 g/mol. The predicted octanol–water partition coefficient (Wildman–Crippen LogP) is 17.5. The highest BCUT2D eigenvalue weighted by Crippen LogP contribution is 2.46. The van der Waals surface area contributed by atoms with E-state index in [0.717, 1.165) is 22.6 Å². The molecule has 0 saturated heterocycles. The molecule has 0 atom stereocenters. The summed E-state index contributed by atoms with van der Waals surface area (Å²) in [7, 11) is 0. The van der Waals surface area contributed by atoms with Crippen molar-refractivity contribution in [2.45, 2.75) is 0 Å². The topological polar surface area (TPSA) is 3.24 Å². The van der Waals surface area contributed by atoms with Gasteiger partial charge in [0.25, 0.3) is 0 Å². The molecule has 0 unspecified atom stereocenters. The van der Waals surface area contributed by atoms with E-state index in [1.807, 2.05) is 0 Å². The fraction of sp³-hybridized carbons (Fsp3) is 0. The van der Waals surface area contributed by atoms with Crippen LogP contribution in [0.5, 0.6) is 0 Å². The molecule has 1 heteroatoms. The van der Waals surface area contributed by atoms with Crippen LogP contribution >= 0.6 is 0 Å². The zero-order valence-electron chi connectivity index (χ0n) is 34.8. The quantitative estimate of drug-likeness (QED) is 0.131. The Morgan fingerprint density at radius 3 is 1.22 bits per heavy atom. The van der Waals surface area contributed by atoms with E-state index >= 15 is 0 Å². The molecule has 11 aromatic carbocycles. The lowest BCUT2D eigenvalue weighted by molar-refractivity contribution is 1.28. The molecule has 11 aromatic rings. The van der Waals surface area contributed by atoms with Gasteiger partial charge in [0.2, 0.25) is 0 Å². The van der Waals surface area contributed by atoms with Gasteiger partial charge in [-0.1, -0.05) is 218 Å². The van der Waals surface area contributed by atoms with Crippen LogP contribution in [0, 0.1) is 0 Å². The summed E-state index contributed by atoms with van der Waals surface area (Å²) < 4.78 is 0. The molecule has 0 radical (unpaired) electrons. The van der Waals surface area contributed by atoms with Crippen LogP contribution < -0.4 is 4.90 Å². The second-order valence-electron chi connectivity index (χ2n) is 16.0. The van der Waals surface area contributed by atoms with E-state index in [0.29, 0.717) is 0 Å². The molecule has 0 N–H and O–H groups in total. The molecule has 0 spiro atoms. The zero-order valence-corrected chi connectivity index (χ0v) is 34.8. The smallest absolute Gasteiger partial charge is 0.0468 e. The summed E-state index contributed by atoms with van der Waals surface area (Å²) in [6.45, 7) is 0. The van der Waals surface area contributed by atoms with Gasteiger partial charge in [-0.05, 0) is 131 Å². The number of hydrogen-bond acceptors (Lipinski definition) is 1. The molecule has 296 valence electrons. The van der Waals surface area contributed by atoms with E-state index in [2.05, 4.69) is 266 Å². The van der Waals surface area contributed by atoms with Gasteiger partial charge in [0.1, 0.15) is 0 Å². The first-order valence-corrected chi connectivity index (χ1v) is 21.7. The van der Waals surface area contributed by atoms with Gasteiger partial charge in [0.05, 0.1) is 0 Å². The van der Waals surface area contributed by atoms with E-state index in [1.165, 1.54) is 82.7 Å². The van der Waals surface area contributed by atoms with Crippen LogP contribution in [-0.4, -0.2) is 0 Å². The summed E-state index contributed by atoms with van der Waals surface area (Å²) in [5, 5.41) is 5.01. The number of fused-ring (bicyclic) bond motifs is 3. The molecular weight excluding hydrogens is 759 g/mol. The summed E-state index contributed by atoms with van der Waals surface area (Å²) >= 11 is 0. The normalized spacial score (nSPS) is 11.2. The van der Waals surface area contributed by atoms with Crippen molar-refractivity contribution >= 4 is 38.6 Å². The van der Waals surface area contributed by atoms with Crippen LogP contribution in [0.25, 0.3) is 88.3 Å². The lowest BCUT2D eigenvalue weighted by Crippen LogP contribution is -2.10. The third kappa shape index (κ3) is 7.26. The second-order valence-corrected chi connectivity index (χ2v) is 16.0. The van der Waals surface area contributed by atoms with Crippen LogP contribution in [0.4, 0.5) is 17.1 Å². The maximum absolute atomic E-state index is 2.40. The lowest BCUT2D eigenvalue weighted by atomic mass is 9.84. The van der Waals surface area contributed by atoms with Gasteiger partial charge in [-0.15, -0.1) is 0 Å². The summed E-state index contributed by atoms with van der Waals surface area (Å²) in [5.74, 6) is 0. The van der Waals surface area contributed by atoms with Crippen molar-refractivity contribution in [3.63, 3.8) is 0 Å². The maximum Gasteiger partial charge on any atom is 0.0468 e. The monoisotopic (exact) mass is 801 g/mol. The number of nitrogens with zero attached hydrogens (tertiary/aromatic N) is 1. The molecule has 0 heterocycles. The Balaban J connectivity index is 1.08.